The van der Waals surface area contributed by atoms with Crippen LogP contribution in [0.25, 0.3) is 0 Å². The highest BCUT2D eigenvalue weighted by Gasteiger charge is 2.41. The number of morpholine rings is 1. The molecule has 2 aliphatic heterocycles. The van der Waals surface area contributed by atoms with Crippen LogP contribution in [0.2, 0.25) is 0 Å². The molecule has 6 heteroatoms. The number of halogens is 1. The van der Waals surface area contributed by atoms with E-state index in [1.54, 1.807) is 17.0 Å². The van der Waals surface area contributed by atoms with Gasteiger partial charge in [0.15, 0.2) is 0 Å². The molecule has 1 atom stereocenters. The molecule has 1 spiro atoms. The number of rotatable bonds is 3. The van der Waals surface area contributed by atoms with Gasteiger partial charge in [0, 0.05) is 25.0 Å². The zero-order valence-electron chi connectivity index (χ0n) is 15.3. The van der Waals surface area contributed by atoms with Crippen LogP contribution in [0.5, 0.6) is 0 Å². The largest absolute Gasteiger partial charge is 0.363 e. The van der Waals surface area contributed by atoms with Gasteiger partial charge in [0.2, 0.25) is 0 Å². The van der Waals surface area contributed by atoms with E-state index in [1.165, 1.54) is 12.1 Å². The first kappa shape index (κ1) is 18.1. The van der Waals surface area contributed by atoms with E-state index < -0.39 is 0 Å². The van der Waals surface area contributed by atoms with Crippen LogP contribution in [-0.4, -0.2) is 47.6 Å². The lowest BCUT2D eigenvalue weighted by atomic mass is 9.92. The van der Waals surface area contributed by atoms with Gasteiger partial charge >= 0.3 is 0 Å². The molecule has 1 unspecified atom stereocenters. The van der Waals surface area contributed by atoms with E-state index in [9.17, 15) is 9.18 Å². The Kier molecular flexibility index (Phi) is 5.18. The third-order valence-corrected chi connectivity index (χ3v) is 5.49. The van der Waals surface area contributed by atoms with E-state index in [2.05, 4.69) is 9.88 Å². The maximum absolute atomic E-state index is 13.2. The molecule has 2 aliphatic rings. The van der Waals surface area contributed by atoms with Crippen molar-refractivity contribution in [1.82, 2.24) is 9.88 Å². The average Bonchev–Trinajstić information content (AvgIpc) is 2.88. The molecule has 0 bridgehead atoms. The van der Waals surface area contributed by atoms with Gasteiger partial charge in [-0.1, -0.05) is 6.07 Å². The summed E-state index contributed by atoms with van der Waals surface area (Å²) in [5, 5.41) is 0. The molecule has 0 aliphatic carbocycles. The van der Waals surface area contributed by atoms with E-state index in [0.717, 1.165) is 50.3 Å². The lowest BCUT2D eigenvalue weighted by molar-refractivity contribution is -0.140. The van der Waals surface area contributed by atoms with Crippen LogP contribution in [0.3, 0.4) is 0 Å². The summed E-state index contributed by atoms with van der Waals surface area (Å²) in [5.74, 6) is -0.365. The topological polar surface area (TPSA) is 45.7 Å². The number of carbonyl (C=O) groups is 1. The Morgan fingerprint density at radius 2 is 1.96 bits per heavy atom. The maximum Gasteiger partial charge on any atom is 0.253 e. The van der Waals surface area contributed by atoms with Crippen molar-refractivity contribution in [2.75, 3.05) is 31.1 Å². The van der Waals surface area contributed by atoms with Crippen molar-refractivity contribution < 1.29 is 13.9 Å². The second-order valence-corrected chi connectivity index (χ2v) is 7.38. The quantitative estimate of drug-likeness (QED) is 0.834. The number of anilines is 1. The number of hydrogen-bond acceptors (Lipinski definition) is 4. The second-order valence-electron chi connectivity index (χ2n) is 7.38. The lowest BCUT2D eigenvalue weighted by Gasteiger charge is -2.42. The predicted molar refractivity (Wildman–Crippen MR) is 101 cm³/mol. The van der Waals surface area contributed by atoms with E-state index in [4.69, 9.17) is 4.74 Å². The Labute approximate surface area is 158 Å². The molecule has 2 fully saturated rings. The van der Waals surface area contributed by atoms with Gasteiger partial charge in [-0.3, -0.25) is 14.7 Å². The fraction of sp³-hybridized carbons (Fsp3) is 0.429. The molecule has 5 nitrogen and oxygen atoms in total. The number of likely N-dealkylation sites (tertiary alicyclic amines) is 1. The maximum atomic E-state index is 13.2. The highest BCUT2D eigenvalue weighted by Crippen LogP contribution is 2.33. The smallest absolute Gasteiger partial charge is 0.253 e. The van der Waals surface area contributed by atoms with Gasteiger partial charge in [-0.15, -0.1) is 0 Å². The number of hydrogen-bond donors (Lipinski definition) is 0. The van der Waals surface area contributed by atoms with Crippen molar-refractivity contribution in [3.8, 4) is 0 Å². The summed E-state index contributed by atoms with van der Waals surface area (Å²) in [6, 6.07) is 12.1. The van der Waals surface area contributed by atoms with Crippen molar-refractivity contribution in [3.05, 3.63) is 60.2 Å². The average molecular weight is 369 g/mol. The summed E-state index contributed by atoms with van der Waals surface area (Å²) >= 11 is 0. The minimum atomic E-state index is -0.332. The molecular weight excluding hydrogens is 345 g/mol. The van der Waals surface area contributed by atoms with Crippen LogP contribution in [-0.2, 0) is 16.1 Å². The molecular formula is C21H24FN3O2. The van der Waals surface area contributed by atoms with Gasteiger partial charge in [0.1, 0.15) is 12.4 Å². The van der Waals surface area contributed by atoms with Gasteiger partial charge in [0.25, 0.3) is 5.91 Å². The predicted octanol–water partition coefficient (Wildman–Crippen LogP) is 3.01. The van der Waals surface area contributed by atoms with Crippen molar-refractivity contribution in [2.45, 2.75) is 31.4 Å². The number of ether oxygens (including phenoxy) is 1. The summed E-state index contributed by atoms with van der Waals surface area (Å²) in [7, 11) is 0. The lowest BCUT2D eigenvalue weighted by Crippen LogP contribution is -2.55. The van der Waals surface area contributed by atoms with Crippen molar-refractivity contribution in [3.63, 3.8) is 0 Å². The highest BCUT2D eigenvalue weighted by molar-refractivity contribution is 5.95. The van der Waals surface area contributed by atoms with Crippen LogP contribution in [0.4, 0.5) is 10.1 Å². The number of benzene rings is 1. The molecule has 0 saturated carbocycles. The third kappa shape index (κ3) is 4.17. The SMILES string of the molecule is O=C1COC2(CCCN(Cc3ccccn3)CC2)CN1c1ccc(F)cc1. The van der Waals surface area contributed by atoms with Crippen LogP contribution in [0.1, 0.15) is 25.0 Å². The zero-order valence-corrected chi connectivity index (χ0v) is 15.3. The van der Waals surface area contributed by atoms with E-state index >= 15 is 0 Å². The summed E-state index contributed by atoms with van der Waals surface area (Å²) in [6.07, 6.45) is 4.62. The molecule has 1 aromatic carbocycles. The third-order valence-electron chi connectivity index (χ3n) is 5.49. The van der Waals surface area contributed by atoms with E-state index in [1.807, 2.05) is 24.4 Å². The first-order valence-electron chi connectivity index (χ1n) is 9.46. The molecule has 1 aromatic heterocycles. The standard InChI is InChI=1S/C21H24FN3O2/c22-17-5-7-19(8-6-17)25-16-21(27-15-20(25)26)9-3-12-24(13-10-21)14-18-4-1-2-11-23-18/h1-2,4-8,11H,3,9-10,12-16H2. The Morgan fingerprint density at radius 3 is 2.74 bits per heavy atom. The van der Waals surface area contributed by atoms with Gasteiger partial charge in [-0.2, -0.15) is 0 Å². The molecule has 2 saturated heterocycles. The first-order valence-corrected chi connectivity index (χ1v) is 9.46. The molecule has 2 aromatic rings. The van der Waals surface area contributed by atoms with Crippen LogP contribution < -0.4 is 4.90 Å². The summed E-state index contributed by atoms with van der Waals surface area (Å²) in [4.78, 5) is 21.0. The Hall–Kier alpha value is -2.31. The van der Waals surface area contributed by atoms with Crippen molar-refractivity contribution in [1.29, 1.82) is 0 Å². The fourth-order valence-corrected chi connectivity index (χ4v) is 3.98. The van der Waals surface area contributed by atoms with Crippen LogP contribution in [0, 0.1) is 5.82 Å². The summed E-state index contributed by atoms with van der Waals surface area (Å²) in [5.41, 5.74) is 1.47. The van der Waals surface area contributed by atoms with Gasteiger partial charge in [-0.25, -0.2) is 4.39 Å². The Balaban J connectivity index is 1.45. The monoisotopic (exact) mass is 369 g/mol. The molecule has 3 heterocycles. The van der Waals surface area contributed by atoms with Crippen LogP contribution in [0.15, 0.2) is 48.7 Å². The Bertz CT molecular complexity index is 784. The second kappa shape index (κ2) is 7.74. The van der Waals surface area contributed by atoms with Crippen molar-refractivity contribution >= 4 is 11.6 Å². The number of nitrogens with zero attached hydrogens (tertiary/aromatic N) is 3. The molecule has 0 radical (unpaired) electrons. The van der Waals surface area contributed by atoms with E-state index in [0.29, 0.717) is 6.54 Å². The number of amides is 1. The molecule has 27 heavy (non-hydrogen) atoms. The van der Waals surface area contributed by atoms with E-state index in [-0.39, 0.29) is 23.9 Å². The molecule has 0 N–H and O–H groups in total. The molecule has 1 amide bonds. The van der Waals surface area contributed by atoms with Crippen LogP contribution >= 0.6 is 0 Å². The number of aromatic nitrogens is 1. The normalized spacial score (nSPS) is 24.2. The first-order chi connectivity index (χ1) is 13.1. The number of pyridine rings is 1. The zero-order chi connectivity index (χ0) is 18.7. The van der Waals surface area contributed by atoms with Crippen molar-refractivity contribution in [2.24, 2.45) is 0 Å². The number of carbonyl (C=O) groups excluding carboxylic acids is 1. The van der Waals surface area contributed by atoms with Gasteiger partial charge < -0.3 is 9.64 Å². The summed E-state index contributed by atoms with van der Waals surface area (Å²) in [6.45, 7) is 3.33. The minimum Gasteiger partial charge on any atom is -0.363 e. The fourth-order valence-electron chi connectivity index (χ4n) is 3.98. The summed E-state index contributed by atoms with van der Waals surface area (Å²) < 4.78 is 19.3. The van der Waals surface area contributed by atoms with Gasteiger partial charge in [0.05, 0.1) is 17.8 Å². The molecule has 4 rings (SSSR count). The minimum absolute atomic E-state index is 0.0678. The van der Waals surface area contributed by atoms with Gasteiger partial charge in [-0.05, 0) is 62.2 Å². The highest BCUT2D eigenvalue weighted by atomic mass is 19.1. The Morgan fingerprint density at radius 1 is 1.11 bits per heavy atom. The molecule has 142 valence electrons.